The third kappa shape index (κ3) is 5.42. The molecule has 2 aliphatic heterocycles. The first-order chi connectivity index (χ1) is 16.5. The number of nitrogens with one attached hydrogen (secondary N) is 1. The minimum atomic E-state index is 0.137. The molecule has 1 amide bonds. The second kappa shape index (κ2) is 11.0. The van der Waals surface area contributed by atoms with Crippen molar-refractivity contribution >= 4 is 23.1 Å². The molecular weight excluding hydrogens is 444 g/mol. The molecule has 0 spiro atoms. The molecule has 0 saturated carbocycles. The summed E-state index contributed by atoms with van der Waals surface area (Å²) in [7, 11) is 3.82. The molecular formula is C27H34N4O2S. The molecule has 1 fully saturated rings. The molecule has 0 radical (unpaired) electrons. The summed E-state index contributed by atoms with van der Waals surface area (Å²) in [4.78, 5) is 22.7. The van der Waals surface area contributed by atoms with Crippen LogP contribution in [-0.2, 0) is 11.2 Å². The topological polar surface area (TPSA) is 57.7 Å². The lowest BCUT2D eigenvalue weighted by atomic mass is 9.96. The number of allylic oxidation sites excluding steroid dienone is 4. The lowest BCUT2D eigenvalue weighted by Crippen LogP contribution is -2.46. The van der Waals surface area contributed by atoms with Gasteiger partial charge in [-0.05, 0) is 79.6 Å². The second-order valence-electron chi connectivity index (χ2n) is 8.79. The quantitative estimate of drug-likeness (QED) is 0.569. The van der Waals surface area contributed by atoms with Gasteiger partial charge in [0.15, 0.2) is 0 Å². The fraction of sp³-hybridized carbons (Fsp3) is 0.407. The number of nitrogens with zero attached hydrogens (tertiary/aromatic N) is 3. The lowest BCUT2D eigenvalue weighted by molar-refractivity contribution is 0.0669. The zero-order valence-corrected chi connectivity index (χ0v) is 21.4. The normalized spacial score (nSPS) is 17.5. The van der Waals surface area contributed by atoms with Crippen LogP contribution < -0.4 is 5.32 Å². The number of rotatable bonds is 6. The van der Waals surface area contributed by atoms with E-state index >= 15 is 0 Å². The van der Waals surface area contributed by atoms with Gasteiger partial charge in [-0.2, -0.15) is 0 Å². The Balaban J connectivity index is 1.46. The Morgan fingerprint density at radius 3 is 2.65 bits per heavy atom. The number of carbonyl (C=O) groups excluding carboxylic acids is 1. The zero-order valence-electron chi connectivity index (χ0n) is 20.6. The Bertz CT molecular complexity index is 1120. The summed E-state index contributed by atoms with van der Waals surface area (Å²) in [5.74, 6) is 2.00. The standard InChI is InChI=1S/C27H34N4O2S/c1-5-19(14-24(6-2)33-4)21-8-7-20-13-22(17-29-26(20)28-16-21)23-15-25(34-18-23)27(32)31-11-9-30(3)10-12-31/h5-6,13,15-18H,7-12,14H2,1-4H3,(H,28,29)/b19-5+,24-6+. The van der Waals surface area contributed by atoms with Crippen LogP contribution in [-0.4, -0.2) is 61.0 Å². The van der Waals surface area contributed by atoms with Crippen molar-refractivity contribution in [3.8, 4) is 11.1 Å². The third-order valence-corrected chi connectivity index (χ3v) is 7.58. The molecule has 2 aliphatic rings. The first-order valence-electron chi connectivity index (χ1n) is 11.9. The zero-order chi connectivity index (χ0) is 24.1. The molecule has 6 nitrogen and oxygen atoms in total. The van der Waals surface area contributed by atoms with Crippen LogP contribution in [0.2, 0.25) is 0 Å². The first kappa shape index (κ1) is 24.2. The Morgan fingerprint density at radius 1 is 1.15 bits per heavy atom. The minimum absolute atomic E-state index is 0.137. The van der Waals surface area contributed by atoms with Gasteiger partial charge in [0.2, 0.25) is 0 Å². The number of methoxy groups -OCH3 is 1. The number of carbonyl (C=O) groups is 1. The first-order valence-corrected chi connectivity index (χ1v) is 12.8. The van der Waals surface area contributed by atoms with E-state index in [9.17, 15) is 4.79 Å². The number of hydrogen-bond acceptors (Lipinski definition) is 6. The fourth-order valence-corrected chi connectivity index (χ4v) is 5.27. The van der Waals surface area contributed by atoms with Gasteiger partial charge in [0.25, 0.3) is 5.91 Å². The molecule has 0 aromatic carbocycles. The van der Waals surface area contributed by atoms with Crippen LogP contribution in [0.3, 0.4) is 0 Å². The molecule has 34 heavy (non-hydrogen) atoms. The Kier molecular flexibility index (Phi) is 7.85. The third-order valence-electron chi connectivity index (χ3n) is 6.66. The fourth-order valence-electron chi connectivity index (χ4n) is 4.38. The van der Waals surface area contributed by atoms with Crippen LogP contribution in [0.1, 0.15) is 41.9 Å². The van der Waals surface area contributed by atoms with Gasteiger partial charge in [-0.25, -0.2) is 4.98 Å². The van der Waals surface area contributed by atoms with Gasteiger partial charge in [0.1, 0.15) is 5.82 Å². The summed E-state index contributed by atoms with van der Waals surface area (Å²) in [6.45, 7) is 7.51. The Hall–Kier alpha value is -2.90. The summed E-state index contributed by atoms with van der Waals surface area (Å²) in [5.41, 5.74) is 5.84. The number of fused-ring (bicyclic) bond motifs is 1. The van der Waals surface area contributed by atoms with Crippen molar-refractivity contribution in [1.29, 1.82) is 0 Å². The smallest absolute Gasteiger partial charge is 0.264 e. The Morgan fingerprint density at radius 2 is 1.94 bits per heavy atom. The highest BCUT2D eigenvalue weighted by Crippen LogP contribution is 2.32. The summed E-state index contributed by atoms with van der Waals surface area (Å²) < 4.78 is 5.47. The van der Waals surface area contributed by atoms with Crippen LogP contribution >= 0.6 is 11.3 Å². The molecule has 4 rings (SSSR count). The van der Waals surface area contributed by atoms with Gasteiger partial charge in [-0.15, -0.1) is 11.3 Å². The number of thiophene rings is 1. The molecule has 1 saturated heterocycles. The van der Waals surface area contributed by atoms with Crippen molar-refractivity contribution in [3.63, 3.8) is 0 Å². The van der Waals surface area contributed by atoms with E-state index in [0.29, 0.717) is 0 Å². The van der Waals surface area contributed by atoms with Crippen LogP contribution in [0.15, 0.2) is 59.0 Å². The molecule has 7 heteroatoms. The van der Waals surface area contributed by atoms with Crippen LogP contribution in [0.4, 0.5) is 5.82 Å². The second-order valence-corrected chi connectivity index (χ2v) is 9.70. The molecule has 0 unspecified atom stereocenters. The van der Waals surface area contributed by atoms with Crippen molar-refractivity contribution in [3.05, 3.63) is 69.4 Å². The molecule has 2 aromatic heterocycles. The van der Waals surface area contributed by atoms with Crippen LogP contribution in [0.25, 0.3) is 11.1 Å². The van der Waals surface area contributed by atoms with E-state index in [-0.39, 0.29) is 5.91 Å². The minimum Gasteiger partial charge on any atom is -0.501 e. The maximum Gasteiger partial charge on any atom is 0.264 e. The van der Waals surface area contributed by atoms with E-state index in [1.54, 1.807) is 7.11 Å². The van der Waals surface area contributed by atoms with Crippen molar-refractivity contribution in [2.45, 2.75) is 33.1 Å². The van der Waals surface area contributed by atoms with Gasteiger partial charge in [-0.1, -0.05) is 6.08 Å². The van der Waals surface area contributed by atoms with Gasteiger partial charge in [0, 0.05) is 50.6 Å². The summed E-state index contributed by atoms with van der Waals surface area (Å²) >= 11 is 1.52. The highest BCUT2D eigenvalue weighted by Gasteiger charge is 2.22. The van der Waals surface area contributed by atoms with Gasteiger partial charge >= 0.3 is 0 Å². The summed E-state index contributed by atoms with van der Waals surface area (Å²) in [6.07, 6.45) is 10.8. The average molecular weight is 479 g/mol. The number of likely N-dealkylation sites (N-methyl/N-ethyl adjacent to an activating group) is 1. The molecule has 1 N–H and O–H groups in total. The highest BCUT2D eigenvalue weighted by molar-refractivity contribution is 7.12. The average Bonchev–Trinajstić information content (AvgIpc) is 3.27. The lowest BCUT2D eigenvalue weighted by Gasteiger charge is -2.32. The number of pyridine rings is 1. The van der Waals surface area contributed by atoms with Gasteiger partial charge in [0.05, 0.1) is 17.7 Å². The molecule has 2 aromatic rings. The molecule has 4 heterocycles. The number of ether oxygens (including phenoxy) is 1. The molecule has 180 valence electrons. The largest absolute Gasteiger partial charge is 0.501 e. The van der Waals surface area contributed by atoms with Crippen molar-refractivity contribution in [1.82, 2.24) is 14.8 Å². The van der Waals surface area contributed by atoms with E-state index in [2.05, 4.69) is 47.9 Å². The number of aromatic nitrogens is 1. The predicted octanol–water partition coefficient (Wildman–Crippen LogP) is 5.33. The van der Waals surface area contributed by atoms with E-state index in [4.69, 9.17) is 9.72 Å². The number of anilines is 1. The predicted molar refractivity (Wildman–Crippen MR) is 140 cm³/mol. The molecule has 0 aliphatic carbocycles. The van der Waals surface area contributed by atoms with Gasteiger partial charge in [-0.3, -0.25) is 4.79 Å². The number of hydrogen-bond donors (Lipinski definition) is 1. The SMILES string of the molecule is C/C=C(\C/C(=C\C)C1=CNc2ncc(-c3csc(C(=O)N4CCN(C)CC4)c3)cc2CC1)OC. The summed E-state index contributed by atoms with van der Waals surface area (Å²) in [6, 6.07) is 4.23. The summed E-state index contributed by atoms with van der Waals surface area (Å²) in [5, 5.41) is 5.48. The van der Waals surface area contributed by atoms with Crippen molar-refractivity contribution < 1.29 is 9.53 Å². The van der Waals surface area contributed by atoms with E-state index < -0.39 is 0 Å². The van der Waals surface area contributed by atoms with E-state index in [1.165, 1.54) is 28.0 Å². The number of aryl methyl sites for hydroxylation is 1. The molecule has 0 atom stereocenters. The van der Waals surface area contributed by atoms with Crippen molar-refractivity contribution in [2.24, 2.45) is 0 Å². The van der Waals surface area contributed by atoms with E-state index in [0.717, 1.165) is 73.0 Å². The number of amides is 1. The Labute approximate surface area is 206 Å². The van der Waals surface area contributed by atoms with Gasteiger partial charge < -0.3 is 19.9 Å². The van der Waals surface area contributed by atoms with Crippen molar-refractivity contribution in [2.75, 3.05) is 45.7 Å². The highest BCUT2D eigenvalue weighted by atomic mass is 32.1. The van der Waals surface area contributed by atoms with Crippen LogP contribution in [0, 0.1) is 0 Å². The van der Waals surface area contributed by atoms with Crippen LogP contribution in [0.5, 0.6) is 0 Å². The van der Waals surface area contributed by atoms with E-state index in [1.807, 2.05) is 30.2 Å². The number of piperazine rings is 1. The maximum absolute atomic E-state index is 12.9. The molecule has 0 bridgehead atoms. The maximum atomic E-state index is 12.9. The monoisotopic (exact) mass is 478 g/mol.